The Hall–Kier alpha value is -3.44. The number of rotatable bonds is 6. The number of hydrazone groups is 1. The Bertz CT molecular complexity index is 1250. The van der Waals surface area contributed by atoms with Crippen molar-refractivity contribution in [2.45, 2.75) is 13.5 Å². The smallest absolute Gasteiger partial charge is 0.272 e. The number of aryl methyl sites for hydroxylation is 1. The van der Waals surface area contributed by atoms with E-state index in [1.807, 2.05) is 54.6 Å². The highest BCUT2D eigenvalue weighted by atomic mass is 79.9. The Kier molecular flexibility index (Phi) is 6.43. The molecule has 0 aromatic heterocycles. The van der Waals surface area contributed by atoms with Crippen LogP contribution < -0.4 is 10.2 Å². The fraction of sp³-hybridized carbons (Fsp3) is 0.0769. The van der Waals surface area contributed by atoms with Gasteiger partial charge in [-0.25, -0.2) is 5.43 Å². The van der Waals surface area contributed by atoms with Gasteiger partial charge in [-0.3, -0.25) is 4.79 Å². The molecule has 0 atom stereocenters. The van der Waals surface area contributed by atoms with E-state index < -0.39 is 0 Å². The van der Waals surface area contributed by atoms with Gasteiger partial charge in [-0.15, -0.1) is 0 Å². The zero-order valence-electron chi connectivity index (χ0n) is 17.0. The maximum Gasteiger partial charge on any atom is 0.272 e. The van der Waals surface area contributed by atoms with Crippen molar-refractivity contribution in [2.75, 3.05) is 0 Å². The Morgan fingerprint density at radius 3 is 2.52 bits per heavy atom. The molecule has 0 aliphatic carbocycles. The molecule has 0 saturated heterocycles. The van der Waals surface area contributed by atoms with Crippen molar-refractivity contribution in [2.24, 2.45) is 5.10 Å². The summed E-state index contributed by atoms with van der Waals surface area (Å²) in [5, 5.41) is 6.29. The van der Waals surface area contributed by atoms with Gasteiger partial charge in [0.2, 0.25) is 0 Å². The number of benzene rings is 4. The number of ether oxygens (including phenoxy) is 1. The zero-order chi connectivity index (χ0) is 21.6. The normalized spacial score (nSPS) is 11.0. The second kappa shape index (κ2) is 9.58. The van der Waals surface area contributed by atoms with E-state index in [0.29, 0.717) is 17.9 Å². The maximum atomic E-state index is 12.5. The van der Waals surface area contributed by atoms with E-state index in [-0.39, 0.29) is 5.91 Å². The highest BCUT2D eigenvalue weighted by molar-refractivity contribution is 9.10. The van der Waals surface area contributed by atoms with Crippen molar-refractivity contribution in [3.05, 3.63) is 112 Å². The van der Waals surface area contributed by atoms with Crippen molar-refractivity contribution >= 4 is 38.8 Å². The molecule has 1 amide bonds. The van der Waals surface area contributed by atoms with Crippen molar-refractivity contribution < 1.29 is 9.53 Å². The Labute approximate surface area is 189 Å². The third-order valence-corrected chi connectivity index (χ3v) is 5.62. The van der Waals surface area contributed by atoms with Crippen molar-refractivity contribution in [3.8, 4) is 5.75 Å². The summed E-state index contributed by atoms with van der Waals surface area (Å²) in [6.07, 6.45) is 1.64. The average Bonchev–Trinajstić information content (AvgIpc) is 2.79. The summed E-state index contributed by atoms with van der Waals surface area (Å²) in [6.45, 7) is 2.51. The summed E-state index contributed by atoms with van der Waals surface area (Å²) in [4.78, 5) is 12.5. The molecule has 0 bridgehead atoms. The number of carbonyl (C=O) groups excluding carboxylic acids is 1. The molecular weight excluding hydrogens is 452 g/mol. The number of nitrogens with zero attached hydrogens (tertiary/aromatic N) is 1. The minimum atomic E-state index is -0.286. The summed E-state index contributed by atoms with van der Waals surface area (Å²) >= 11 is 3.39. The van der Waals surface area contributed by atoms with Gasteiger partial charge >= 0.3 is 0 Å². The van der Waals surface area contributed by atoms with Gasteiger partial charge in [0.1, 0.15) is 12.4 Å². The van der Waals surface area contributed by atoms with E-state index >= 15 is 0 Å². The summed E-state index contributed by atoms with van der Waals surface area (Å²) in [6, 6.07) is 27.5. The van der Waals surface area contributed by atoms with Crippen LogP contribution in [0.5, 0.6) is 5.75 Å². The number of amides is 1. The summed E-state index contributed by atoms with van der Waals surface area (Å²) < 4.78 is 6.84. The zero-order valence-corrected chi connectivity index (χ0v) is 18.6. The van der Waals surface area contributed by atoms with Crippen LogP contribution in [0.1, 0.15) is 27.0 Å². The van der Waals surface area contributed by atoms with Crippen LogP contribution in [0.3, 0.4) is 0 Å². The summed E-state index contributed by atoms with van der Waals surface area (Å²) in [5.41, 5.74) is 6.24. The molecule has 0 aliphatic heterocycles. The van der Waals surface area contributed by atoms with Crippen LogP contribution in [0.25, 0.3) is 10.8 Å². The topological polar surface area (TPSA) is 50.7 Å². The molecule has 4 aromatic carbocycles. The molecule has 0 spiro atoms. The van der Waals surface area contributed by atoms with Crippen LogP contribution in [-0.4, -0.2) is 12.1 Å². The predicted octanol–water partition coefficient (Wildman–Crippen LogP) is 6.25. The van der Waals surface area contributed by atoms with Gasteiger partial charge in [-0.1, -0.05) is 72.3 Å². The molecule has 0 radical (unpaired) electrons. The fourth-order valence-corrected chi connectivity index (χ4v) is 3.71. The minimum absolute atomic E-state index is 0.286. The molecule has 31 heavy (non-hydrogen) atoms. The van der Waals surface area contributed by atoms with Gasteiger partial charge in [-0.05, 0) is 57.4 Å². The first kappa shape index (κ1) is 20.8. The Balaban J connectivity index is 1.59. The molecule has 0 aliphatic rings. The highest BCUT2D eigenvalue weighted by Crippen LogP contribution is 2.27. The predicted molar refractivity (Wildman–Crippen MR) is 129 cm³/mol. The van der Waals surface area contributed by atoms with Crippen molar-refractivity contribution in [1.29, 1.82) is 0 Å². The SMILES string of the molecule is Cc1ccc(COc2ccc3ccccc3c2/C=N\NC(=O)c2ccccc2Br)cc1. The lowest BCUT2D eigenvalue weighted by Crippen LogP contribution is -2.18. The Morgan fingerprint density at radius 2 is 1.71 bits per heavy atom. The van der Waals surface area contributed by atoms with Crippen LogP contribution in [-0.2, 0) is 6.61 Å². The number of carbonyl (C=O) groups is 1. The van der Waals surface area contributed by atoms with E-state index in [2.05, 4.69) is 57.6 Å². The lowest BCUT2D eigenvalue weighted by atomic mass is 10.0. The quantitative estimate of drug-likeness (QED) is 0.266. The third kappa shape index (κ3) is 5.01. The molecule has 154 valence electrons. The Morgan fingerprint density at radius 1 is 0.968 bits per heavy atom. The van der Waals surface area contributed by atoms with E-state index in [1.54, 1.807) is 12.3 Å². The number of halogens is 1. The van der Waals surface area contributed by atoms with E-state index in [0.717, 1.165) is 26.4 Å². The molecule has 5 heteroatoms. The minimum Gasteiger partial charge on any atom is -0.488 e. The van der Waals surface area contributed by atoms with Crippen LogP contribution in [0.15, 0.2) is 94.5 Å². The summed E-state index contributed by atoms with van der Waals surface area (Å²) in [7, 11) is 0. The maximum absolute atomic E-state index is 12.5. The first-order chi connectivity index (χ1) is 15.1. The van der Waals surface area contributed by atoms with Crippen LogP contribution in [0.2, 0.25) is 0 Å². The monoisotopic (exact) mass is 472 g/mol. The van der Waals surface area contributed by atoms with Gasteiger partial charge in [0.15, 0.2) is 0 Å². The van der Waals surface area contributed by atoms with E-state index in [1.165, 1.54) is 5.56 Å². The van der Waals surface area contributed by atoms with Gasteiger partial charge in [-0.2, -0.15) is 5.10 Å². The number of nitrogens with one attached hydrogen (secondary N) is 1. The third-order valence-electron chi connectivity index (χ3n) is 4.92. The van der Waals surface area contributed by atoms with Crippen molar-refractivity contribution in [3.63, 3.8) is 0 Å². The molecule has 1 N–H and O–H groups in total. The van der Waals surface area contributed by atoms with E-state index in [9.17, 15) is 4.79 Å². The standard InChI is InChI=1S/C26H21BrN2O2/c1-18-10-12-19(13-11-18)17-31-25-15-14-20-6-2-3-7-21(20)23(25)16-28-29-26(30)22-8-4-5-9-24(22)27/h2-16H,17H2,1H3,(H,29,30)/b28-16-. The number of fused-ring (bicyclic) bond motifs is 1. The lowest BCUT2D eigenvalue weighted by Gasteiger charge is -2.12. The molecule has 0 unspecified atom stereocenters. The molecular formula is C26H21BrN2O2. The molecule has 4 nitrogen and oxygen atoms in total. The lowest BCUT2D eigenvalue weighted by molar-refractivity contribution is 0.0954. The first-order valence-electron chi connectivity index (χ1n) is 9.90. The van der Waals surface area contributed by atoms with E-state index in [4.69, 9.17) is 4.74 Å². The second-order valence-electron chi connectivity index (χ2n) is 7.15. The molecule has 4 aromatic rings. The largest absolute Gasteiger partial charge is 0.488 e. The highest BCUT2D eigenvalue weighted by Gasteiger charge is 2.10. The molecule has 0 fully saturated rings. The van der Waals surface area contributed by atoms with Gasteiger partial charge < -0.3 is 4.74 Å². The second-order valence-corrected chi connectivity index (χ2v) is 8.01. The van der Waals surface area contributed by atoms with Gasteiger partial charge in [0.05, 0.1) is 11.8 Å². The van der Waals surface area contributed by atoms with Crippen LogP contribution in [0, 0.1) is 6.92 Å². The molecule has 0 saturated carbocycles. The fourth-order valence-electron chi connectivity index (χ4n) is 3.24. The molecule has 4 rings (SSSR count). The summed E-state index contributed by atoms with van der Waals surface area (Å²) in [5.74, 6) is 0.421. The van der Waals surface area contributed by atoms with Crippen LogP contribution in [0.4, 0.5) is 0 Å². The molecule has 0 heterocycles. The van der Waals surface area contributed by atoms with Gasteiger partial charge in [0, 0.05) is 10.0 Å². The number of hydrogen-bond acceptors (Lipinski definition) is 3. The van der Waals surface area contributed by atoms with Crippen LogP contribution >= 0.6 is 15.9 Å². The first-order valence-corrected chi connectivity index (χ1v) is 10.7. The van der Waals surface area contributed by atoms with Gasteiger partial charge in [0.25, 0.3) is 5.91 Å². The average molecular weight is 473 g/mol. The number of hydrogen-bond donors (Lipinski definition) is 1. The van der Waals surface area contributed by atoms with Crippen molar-refractivity contribution in [1.82, 2.24) is 5.43 Å².